The minimum absolute atomic E-state index is 0.0356. The van der Waals surface area contributed by atoms with Gasteiger partial charge in [-0.25, -0.2) is 8.78 Å². The van der Waals surface area contributed by atoms with Crippen LogP contribution in [0.25, 0.3) is 0 Å². The molecule has 4 heteroatoms. The van der Waals surface area contributed by atoms with Crippen molar-refractivity contribution in [3.8, 4) is 0 Å². The highest BCUT2D eigenvalue weighted by Gasteiger charge is 2.37. The van der Waals surface area contributed by atoms with Crippen LogP contribution in [0.3, 0.4) is 0 Å². The van der Waals surface area contributed by atoms with Crippen molar-refractivity contribution in [2.24, 2.45) is 0 Å². The number of rotatable bonds is 4. The molecule has 0 saturated carbocycles. The standard InChI is InChI=1S/C8H15F2NS/c9-8(10)3-5-11(7-8)4-1-2-6-12/h12H,1-7H2. The Kier molecular flexibility index (Phi) is 3.77. The molecule has 1 aliphatic heterocycles. The molecule has 0 radical (unpaired) electrons. The zero-order valence-corrected chi connectivity index (χ0v) is 7.99. The highest BCUT2D eigenvalue weighted by molar-refractivity contribution is 7.80. The van der Waals surface area contributed by atoms with Crippen LogP contribution in [0.4, 0.5) is 8.78 Å². The topological polar surface area (TPSA) is 3.24 Å². The second-order valence-corrected chi connectivity index (χ2v) is 3.76. The van der Waals surface area contributed by atoms with E-state index < -0.39 is 5.92 Å². The van der Waals surface area contributed by atoms with Gasteiger partial charge in [0.15, 0.2) is 0 Å². The van der Waals surface area contributed by atoms with E-state index in [0.717, 1.165) is 25.1 Å². The third-order valence-electron chi connectivity index (χ3n) is 2.13. The monoisotopic (exact) mass is 195 g/mol. The smallest absolute Gasteiger partial charge is 0.261 e. The van der Waals surface area contributed by atoms with Crippen LogP contribution in [-0.4, -0.2) is 36.2 Å². The van der Waals surface area contributed by atoms with Crippen LogP contribution in [0.5, 0.6) is 0 Å². The Morgan fingerprint density at radius 1 is 1.33 bits per heavy atom. The van der Waals surface area contributed by atoms with E-state index in [-0.39, 0.29) is 13.0 Å². The lowest BCUT2D eigenvalue weighted by atomic mass is 10.3. The number of unbranched alkanes of at least 4 members (excludes halogenated alkanes) is 1. The third-order valence-corrected chi connectivity index (χ3v) is 2.45. The fourth-order valence-corrected chi connectivity index (χ4v) is 1.67. The summed E-state index contributed by atoms with van der Waals surface area (Å²) in [6, 6.07) is 0. The molecule has 0 aromatic heterocycles. The zero-order chi connectivity index (χ0) is 9.03. The van der Waals surface area contributed by atoms with Gasteiger partial charge in [-0.2, -0.15) is 12.6 Å². The van der Waals surface area contributed by atoms with E-state index >= 15 is 0 Å². The normalized spacial score (nSPS) is 23.2. The summed E-state index contributed by atoms with van der Waals surface area (Å²) in [5, 5.41) is 0. The average Bonchev–Trinajstić information content (AvgIpc) is 2.31. The molecule has 0 spiro atoms. The first-order valence-electron chi connectivity index (χ1n) is 4.35. The van der Waals surface area contributed by atoms with E-state index in [1.165, 1.54) is 0 Å². The maximum atomic E-state index is 12.6. The van der Waals surface area contributed by atoms with Crippen LogP contribution < -0.4 is 0 Å². The number of alkyl halides is 2. The molecule has 0 amide bonds. The highest BCUT2D eigenvalue weighted by Crippen LogP contribution is 2.26. The molecule has 0 bridgehead atoms. The van der Waals surface area contributed by atoms with Crippen molar-refractivity contribution in [3.05, 3.63) is 0 Å². The largest absolute Gasteiger partial charge is 0.297 e. The average molecular weight is 195 g/mol. The van der Waals surface area contributed by atoms with Gasteiger partial charge in [0, 0.05) is 13.0 Å². The predicted octanol–water partition coefficient (Wildman–Crippen LogP) is 2.04. The number of likely N-dealkylation sites (tertiary alicyclic amines) is 1. The van der Waals surface area contributed by atoms with Crippen molar-refractivity contribution >= 4 is 12.6 Å². The molecule has 12 heavy (non-hydrogen) atoms. The Morgan fingerprint density at radius 2 is 2.08 bits per heavy atom. The van der Waals surface area contributed by atoms with Crippen LogP contribution in [0, 0.1) is 0 Å². The van der Waals surface area contributed by atoms with Gasteiger partial charge in [0.05, 0.1) is 6.54 Å². The third kappa shape index (κ3) is 3.27. The molecular weight excluding hydrogens is 180 g/mol. The van der Waals surface area contributed by atoms with Gasteiger partial charge in [-0.05, 0) is 25.1 Å². The van der Waals surface area contributed by atoms with E-state index in [1.807, 2.05) is 4.90 Å². The van der Waals surface area contributed by atoms with Gasteiger partial charge < -0.3 is 0 Å². The molecule has 0 atom stereocenters. The fourth-order valence-electron chi connectivity index (χ4n) is 1.45. The molecule has 0 aromatic carbocycles. The molecule has 1 nitrogen and oxygen atoms in total. The molecule has 0 aromatic rings. The number of halogens is 2. The zero-order valence-electron chi connectivity index (χ0n) is 7.10. The molecule has 1 saturated heterocycles. The van der Waals surface area contributed by atoms with E-state index in [4.69, 9.17) is 0 Å². The maximum absolute atomic E-state index is 12.6. The maximum Gasteiger partial charge on any atom is 0.261 e. The Labute approximate surface area is 77.5 Å². The van der Waals surface area contributed by atoms with Gasteiger partial charge in [0.25, 0.3) is 5.92 Å². The molecule has 72 valence electrons. The van der Waals surface area contributed by atoms with Gasteiger partial charge in [0.1, 0.15) is 0 Å². The van der Waals surface area contributed by atoms with Gasteiger partial charge in [-0.1, -0.05) is 0 Å². The SMILES string of the molecule is FC1(F)CCN(CCCCS)C1. The van der Waals surface area contributed by atoms with Crippen molar-refractivity contribution in [3.63, 3.8) is 0 Å². The van der Waals surface area contributed by atoms with Crippen LogP contribution in [-0.2, 0) is 0 Å². The lowest BCUT2D eigenvalue weighted by Crippen LogP contribution is -2.26. The summed E-state index contributed by atoms with van der Waals surface area (Å²) in [6.07, 6.45) is 2.04. The molecule has 0 N–H and O–H groups in total. The van der Waals surface area contributed by atoms with E-state index in [1.54, 1.807) is 0 Å². The summed E-state index contributed by atoms with van der Waals surface area (Å²) in [7, 11) is 0. The highest BCUT2D eigenvalue weighted by atomic mass is 32.1. The van der Waals surface area contributed by atoms with E-state index in [9.17, 15) is 8.78 Å². The lowest BCUT2D eigenvalue weighted by molar-refractivity contribution is 0.0121. The first-order chi connectivity index (χ1) is 5.64. The molecule has 1 rings (SSSR count). The van der Waals surface area contributed by atoms with Crippen molar-refractivity contribution in [2.45, 2.75) is 25.2 Å². The van der Waals surface area contributed by atoms with E-state index in [0.29, 0.717) is 6.54 Å². The summed E-state index contributed by atoms with van der Waals surface area (Å²) in [5.41, 5.74) is 0. The number of thiol groups is 1. The second kappa shape index (κ2) is 4.42. The van der Waals surface area contributed by atoms with Gasteiger partial charge in [0.2, 0.25) is 0 Å². The van der Waals surface area contributed by atoms with Crippen molar-refractivity contribution in [1.82, 2.24) is 4.90 Å². The Morgan fingerprint density at radius 3 is 2.58 bits per heavy atom. The molecule has 0 aliphatic carbocycles. The quantitative estimate of drug-likeness (QED) is 0.530. The van der Waals surface area contributed by atoms with Crippen LogP contribution in [0.1, 0.15) is 19.3 Å². The molecule has 1 aliphatic rings. The molecule has 1 fully saturated rings. The first-order valence-corrected chi connectivity index (χ1v) is 4.98. The van der Waals surface area contributed by atoms with Gasteiger partial charge in [-0.3, -0.25) is 4.90 Å². The predicted molar refractivity (Wildman–Crippen MR) is 49.1 cm³/mol. The van der Waals surface area contributed by atoms with Crippen molar-refractivity contribution in [1.29, 1.82) is 0 Å². The summed E-state index contributed by atoms with van der Waals surface area (Å²) >= 11 is 4.06. The van der Waals surface area contributed by atoms with Crippen molar-refractivity contribution < 1.29 is 8.78 Å². The van der Waals surface area contributed by atoms with Gasteiger partial charge in [-0.15, -0.1) is 0 Å². The Balaban J connectivity index is 2.11. The number of nitrogens with zero attached hydrogens (tertiary/aromatic N) is 1. The first kappa shape index (κ1) is 10.3. The summed E-state index contributed by atoms with van der Waals surface area (Å²) in [5.74, 6) is -1.58. The van der Waals surface area contributed by atoms with Gasteiger partial charge >= 0.3 is 0 Å². The second-order valence-electron chi connectivity index (χ2n) is 3.31. The van der Waals surface area contributed by atoms with Crippen LogP contribution >= 0.6 is 12.6 Å². The Hall–Kier alpha value is 0.170. The fraction of sp³-hybridized carbons (Fsp3) is 1.00. The Bertz CT molecular complexity index is 141. The number of hydrogen-bond acceptors (Lipinski definition) is 2. The van der Waals surface area contributed by atoms with E-state index in [2.05, 4.69) is 12.6 Å². The minimum Gasteiger partial charge on any atom is -0.297 e. The minimum atomic E-state index is -2.43. The van der Waals surface area contributed by atoms with Crippen LogP contribution in [0.15, 0.2) is 0 Å². The number of hydrogen-bond donors (Lipinski definition) is 1. The lowest BCUT2D eigenvalue weighted by Gasteiger charge is -2.14. The summed E-state index contributed by atoms with van der Waals surface area (Å²) in [4.78, 5) is 1.84. The van der Waals surface area contributed by atoms with Crippen LogP contribution in [0.2, 0.25) is 0 Å². The summed E-state index contributed by atoms with van der Waals surface area (Å²) < 4.78 is 25.3. The molecular formula is C8H15F2NS. The van der Waals surface area contributed by atoms with Crippen molar-refractivity contribution in [2.75, 3.05) is 25.4 Å². The summed E-state index contributed by atoms with van der Waals surface area (Å²) in [6.45, 7) is 1.31. The molecule has 0 unspecified atom stereocenters. The molecule has 1 heterocycles.